The maximum Gasteiger partial charge on any atom is 0.0535 e. The van der Waals surface area contributed by atoms with E-state index < -0.39 is 0 Å². The summed E-state index contributed by atoms with van der Waals surface area (Å²) in [7, 11) is 0. The average Bonchev–Trinajstić information content (AvgIpc) is 3.12. The van der Waals surface area contributed by atoms with E-state index in [2.05, 4.69) is 72.8 Å². The highest BCUT2D eigenvalue weighted by Crippen LogP contribution is 2.43. The summed E-state index contributed by atoms with van der Waals surface area (Å²) in [6.07, 6.45) is 0. The van der Waals surface area contributed by atoms with Crippen LogP contribution in [0.4, 0.5) is 0 Å². The lowest BCUT2D eigenvalue weighted by Gasteiger charge is -2.01. The van der Waals surface area contributed by atoms with Crippen molar-refractivity contribution in [2.75, 3.05) is 0 Å². The maximum absolute atomic E-state index is 2.34. The summed E-state index contributed by atoms with van der Waals surface area (Å²) in [6.45, 7) is 0. The zero-order valence-corrected chi connectivity index (χ0v) is 13.4. The monoisotopic (exact) mass is 316 g/mol. The second-order valence-corrected chi connectivity index (χ2v) is 7.60. The number of benzene rings is 3. The minimum atomic E-state index is 1.30. The van der Waals surface area contributed by atoms with Crippen LogP contribution in [0, 0.1) is 0 Å². The van der Waals surface area contributed by atoms with Gasteiger partial charge in [0, 0.05) is 19.7 Å². The molecular weight excluding hydrogens is 304 g/mol. The van der Waals surface area contributed by atoms with Gasteiger partial charge in [-0.15, -0.1) is 22.7 Å². The van der Waals surface area contributed by atoms with E-state index in [1.54, 1.807) is 0 Å². The molecule has 0 aliphatic carbocycles. The summed E-state index contributed by atoms with van der Waals surface area (Å²) < 4.78 is 4.20. The number of hydrogen-bond acceptors (Lipinski definition) is 2. The lowest BCUT2D eigenvalue weighted by molar-refractivity contribution is 1.74. The quantitative estimate of drug-likeness (QED) is 0.314. The fraction of sp³-hybridized carbons (Fsp3) is 0. The van der Waals surface area contributed by atoms with Gasteiger partial charge in [0.1, 0.15) is 0 Å². The van der Waals surface area contributed by atoms with E-state index in [-0.39, 0.29) is 0 Å². The normalized spacial score (nSPS) is 11.6. The molecule has 0 amide bonds. The Balaban J connectivity index is 1.74. The van der Waals surface area contributed by atoms with Crippen LogP contribution in [0.2, 0.25) is 0 Å². The van der Waals surface area contributed by atoms with E-state index in [0.717, 1.165) is 0 Å². The first kappa shape index (κ1) is 12.4. The van der Waals surface area contributed by atoms with Crippen molar-refractivity contribution in [2.24, 2.45) is 0 Å². The number of hydrogen-bond donors (Lipinski definition) is 0. The fourth-order valence-electron chi connectivity index (χ4n) is 2.98. The van der Waals surface area contributed by atoms with Gasteiger partial charge in [-0.05, 0) is 34.5 Å². The Kier molecular flexibility index (Phi) is 2.63. The first-order valence-corrected chi connectivity index (χ1v) is 8.92. The average molecular weight is 316 g/mol. The van der Waals surface area contributed by atoms with Crippen LogP contribution in [0.3, 0.4) is 0 Å². The molecule has 104 valence electrons. The van der Waals surface area contributed by atoms with Crippen LogP contribution in [-0.4, -0.2) is 0 Å². The van der Waals surface area contributed by atoms with Crippen molar-refractivity contribution in [3.8, 4) is 10.4 Å². The van der Waals surface area contributed by atoms with Crippen molar-refractivity contribution in [3.63, 3.8) is 0 Å². The predicted octanol–water partition coefficient (Wildman–Crippen LogP) is 6.94. The van der Waals surface area contributed by atoms with Gasteiger partial charge < -0.3 is 0 Å². The Labute approximate surface area is 136 Å². The Hall–Kier alpha value is -2.16. The summed E-state index contributed by atoms with van der Waals surface area (Å²) in [4.78, 5) is 1.36. The van der Waals surface area contributed by atoms with Gasteiger partial charge in [-0.2, -0.15) is 0 Å². The highest BCUT2D eigenvalue weighted by atomic mass is 32.1. The zero-order chi connectivity index (χ0) is 14.5. The molecule has 0 radical (unpaired) electrons. The predicted molar refractivity (Wildman–Crippen MR) is 100 cm³/mol. The third-order valence-corrected chi connectivity index (χ3v) is 6.55. The second kappa shape index (κ2) is 4.67. The van der Waals surface area contributed by atoms with Crippen molar-refractivity contribution in [1.29, 1.82) is 0 Å². The van der Waals surface area contributed by atoms with Gasteiger partial charge >= 0.3 is 0 Å². The molecule has 0 atom stereocenters. The van der Waals surface area contributed by atoms with Gasteiger partial charge in [0.25, 0.3) is 0 Å². The molecular formula is C20H12S2. The summed E-state index contributed by atoms with van der Waals surface area (Å²) in [5.74, 6) is 0. The molecule has 0 saturated heterocycles. The van der Waals surface area contributed by atoms with Gasteiger partial charge in [-0.1, -0.05) is 54.6 Å². The fourth-order valence-corrected chi connectivity index (χ4v) is 5.51. The van der Waals surface area contributed by atoms with Crippen LogP contribution in [0.15, 0.2) is 72.8 Å². The summed E-state index contributed by atoms with van der Waals surface area (Å²) in [5.41, 5.74) is 1.32. The molecule has 0 bridgehead atoms. The van der Waals surface area contributed by atoms with Crippen molar-refractivity contribution in [1.82, 2.24) is 0 Å². The number of thiophene rings is 2. The topological polar surface area (TPSA) is 0 Å². The first-order valence-electron chi connectivity index (χ1n) is 7.29. The zero-order valence-electron chi connectivity index (χ0n) is 11.7. The SMILES string of the molecule is c1ccc2cc(-c3cc4sc5ccccc5c4s3)ccc2c1. The summed E-state index contributed by atoms with van der Waals surface area (Å²) >= 11 is 3.80. The van der Waals surface area contributed by atoms with Gasteiger partial charge in [0.05, 0.1) is 4.70 Å². The minimum Gasteiger partial charge on any atom is -0.134 e. The smallest absolute Gasteiger partial charge is 0.0535 e. The lowest BCUT2D eigenvalue weighted by atomic mass is 10.1. The Bertz CT molecular complexity index is 1130. The van der Waals surface area contributed by atoms with Crippen LogP contribution in [0.1, 0.15) is 0 Å². The molecule has 5 aromatic rings. The van der Waals surface area contributed by atoms with Crippen molar-refractivity contribution in [2.45, 2.75) is 0 Å². The van der Waals surface area contributed by atoms with Crippen LogP contribution in [0.25, 0.3) is 40.7 Å². The van der Waals surface area contributed by atoms with E-state index in [9.17, 15) is 0 Å². The molecule has 2 heterocycles. The molecule has 0 aliphatic rings. The van der Waals surface area contributed by atoms with Crippen LogP contribution in [0.5, 0.6) is 0 Å². The molecule has 0 spiro atoms. The number of fused-ring (bicyclic) bond motifs is 4. The Morgan fingerprint density at radius 2 is 1.41 bits per heavy atom. The van der Waals surface area contributed by atoms with Gasteiger partial charge in [-0.25, -0.2) is 0 Å². The molecule has 0 N–H and O–H groups in total. The van der Waals surface area contributed by atoms with Crippen molar-refractivity contribution < 1.29 is 0 Å². The molecule has 22 heavy (non-hydrogen) atoms. The lowest BCUT2D eigenvalue weighted by Crippen LogP contribution is -1.74. The van der Waals surface area contributed by atoms with Crippen LogP contribution < -0.4 is 0 Å². The molecule has 0 aliphatic heterocycles. The van der Waals surface area contributed by atoms with E-state index in [4.69, 9.17) is 0 Å². The molecule has 5 rings (SSSR count). The van der Waals surface area contributed by atoms with Gasteiger partial charge in [0.2, 0.25) is 0 Å². The van der Waals surface area contributed by atoms with E-state index in [0.29, 0.717) is 0 Å². The van der Waals surface area contributed by atoms with Crippen molar-refractivity contribution >= 4 is 52.9 Å². The molecule has 0 unspecified atom stereocenters. The third-order valence-electron chi connectivity index (χ3n) is 4.08. The molecule has 3 aromatic carbocycles. The summed E-state index contributed by atoms with van der Waals surface area (Å²) in [5, 5.41) is 4.00. The third kappa shape index (κ3) is 1.81. The second-order valence-electron chi connectivity index (χ2n) is 5.46. The first-order chi connectivity index (χ1) is 10.9. The Morgan fingerprint density at radius 3 is 2.36 bits per heavy atom. The molecule has 2 heteroatoms. The Morgan fingerprint density at radius 1 is 0.591 bits per heavy atom. The van der Waals surface area contributed by atoms with Gasteiger partial charge in [-0.3, -0.25) is 0 Å². The van der Waals surface area contributed by atoms with Crippen LogP contribution >= 0.6 is 22.7 Å². The van der Waals surface area contributed by atoms with E-state index in [1.807, 2.05) is 22.7 Å². The largest absolute Gasteiger partial charge is 0.134 e. The van der Waals surface area contributed by atoms with Gasteiger partial charge in [0.15, 0.2) is 0 Å². The van der Waals surface area contributed by atoms with Crippen molar-refractivity contribution in [3.05, 3.63) is 72.8 Å². The molecule has 2 aromatic heterocycles. The molecule has 0 saturated carbocycles. The molecule has 0 fully saturated rings. The maximum atomic E-state index is 2.34. The van der Waals surface area contributed by atoms with E-state index in [1.165, 1.54) is 40.7 Å². The van der Waals surface area contributed by atoms with E-state index >= 15 is 0 Å². The standard InChI is InChI=1S/C20H12S2/c1-2-6-14-11-15(10-9-13(14)5-1)18-12-19-20(22-18)16-7-3-4-8-17(16)21-19/h1-12H. The molecule has 0 nitrogen and oxygen atoms in total. The number of rotatable bonds is 1. The van der Waals surface area contributed by atoms with Crippen LogP contribution in [-0.2, 0) is 0 Å². The highest BCUT2D eigenvalue weighted by molar-refractivity contribution is 7.33. The summed E-state index contributed by atoms with van der Waals surface area (Å²) in [6, 6.07) is 26.3. The minimum absolute atomic E-state index is 1.30. The highest BCUT2D eigenvalue weighted by Gasteiger charge is 2.10.